The predicted molar refractivity (Wildman–Crippen MR) is 137 cm³/mol. The van der Waals surface area contributed by atoms with Gasteiger partial charge in [-0.2, -0.15) is 0 Å². The maximum Gasteiger partial charge on any atom is 0.123 e. The molecule has 2 rings (SSSR count). The average molecular weight is 423 g/mol. The van der Waals surface area contributed by atoms with Crippen LogP contribution >= 0.6 is 0 Å². The van der Waals surface area contributed by atoms with Gasteiger partial charge < -0.3 is 5.11 Å². The first-order valence-electron chi connectivity index (χ1n) is 13.2. The molecule has 0 heterocycles. The van der Waals surface area contributed by atoms with Gasteiger partial charge in [0.2, 0.25) is 0 Å². The summed E-state index contributed by atoms with van der Waals surface area (Å²) in [6.07, 6.45) is 21.0. The fraction of sp³-hybridized carbons (Fsp3) is 0.600. The molecule has 0 bridgehead atoms. The zero-order chi connectivity index (χ0) is 22.2. The van der Waals surface area contributed by atoms with E-state index in [1.807, 2.05) is 6.07 Å². The number of phenolic OH excluding ortho intramolecular Hbond substituents is 1. The van der Waals surface area contributed by atoms with Crippen LogP contribution in [-0.4, -0.2) is 5.11 Å². The lowest BCUT2D eigenvalue weighted by molar-refractivity contribution is 0.476. The predicted octanol–water partition coefficient (Wildman–Crippen LogP) is 9.65. The van der Waals surface area contributed by atoms with E-state index in [0.29, 0.717) is 5.75 Å². The summed E-state index contributed by atoms with van der Waals surface area (Å²) in [6, 6.07) is 14.6. The van der Waals surface area contributed by atoms with E-state index in [9.17, 15) is 5.11 Å². The van der Waals surface area contributed by atoms with E-state index in [2.05, 4.69) is 50.2 Å². The third-order valence-corrected chi connectivity index (χ3v) is 6.53. The first-order chi connectivity index (χ1) is 15.3. The molecule has 0 fully saturated rings. The quantitative estimate of drug-likeness (QED) is 0.251. The van der Waals surface area contributed by atoms with Crippen molar-refractivity contribution in [2.75, 3.05) is 0 Å². The molecule has 0 unspecified atom stereocenters. The molecule has 2 aromatic carbocycles. The van der Waals surface area contributed by atoms with Gasteiger partial charge in [0.1, 0.15) is 5.75 Å². The minimum atomic E-state index is 0.436. The van der Waals surface area contributed by atoms with Gasteiger partial charge in [-0.3, -0.25) is 0 Å². The van der Waals surface area contributed by atoms with Crippen molar-refractivity contribution in [3.8, 4) is 16.9 Å². The van der Waals surface area contributed by atoms with Gasteiger partial charge in [0, 0.05) is 5.56 Å². The Bertz CT molecular complexity index is 704. The number of hydrogen-bond acceptors (Lipinski definition) is 1. The van der Waals surface area contributed by atoms with Crippen LogP contribution in [0.1, 0.15) is 115 Å². The molecule has 31 heavy (non-hydrogen) atoms. The lowest BCUT2D eigenvalue weighted by Crippen LogP contribution is -2.00. The highest BCUT2D eigenvalue weighted by Crippen LogP contribution is 2.36. The lowest BCUT2D eigenvalue weighted by Gasteiger charge is -2.17. The molecule has 0 aliphatic heterocycles. The first kappa shape index (κ1) is 25.5. The van der Waals surface area contributed by atoms with Gasteiger partial charge in [-0.1, -0.05) is 127 Å². The van der Waals surface area contributed by atoms with Gasteiger partial charge in [0.15, 0.2) is 0 Å². The highest BCUT2D eigenvalue weighted by atomic mass is 16.3. The molecule has 0 spiro atoms. The molecule has 0 aromatic heterocycles. The Morgan fingerprint density at radius 2 is 1.06 bits per heavy atom. The Kier molecular flexibility index (Phi) is 13.1. The van der Waals surface area contributed by atoms with E-state index in [1.165, 1.54) is 101 Å². The van der Waals surface area contributed by atoms with Gasteiger partial charge in [-0.05, 0) is 48.4 Å². The summed E-state index contributed by atoms with van der Waals surface area (Å²) in [5.74, 6) is 0.436. The number of aryl methyl sites for hydroxylation is 1. The summed E-state index contributed by atoms with van der Waals surface area (Å²) in [5.41, 5.74) is 5.06. The molecule has 0 saturated heterocycles. The molecule has 0 aliphatic rings. The fourth-order valence-electron chi connectivity index (χ4n) is 4.66. The number of phenols is 1. The summed E-state index contributed by atoms with van der Waals surface area (Å²) < 4.78 is 0. The maximum absolute atomic E-state index is 10.7. The second-order valence-electron chi connectivity index (χ2n) is 9.21. The van der Waals surface area contributed by atoms with E-state index < -0.39 is 0 Å². The van der Waals surface area contributed by atoms with Crippen molar-refractivity contribution >= 4 is 0 Å². The largest absolute Gasteiger partial charge is 0.507 e. The molecule has 1 nitrogen and oxygen atoms in total. The van der Waals surface area contributed by atoms with Crippen molar-refractivity contribution < 1.29 is 5.11 Å². The Labute approximate surface area is 192 Å². The topological polar surface area (TPSA) is 20.2 Å². The Morgan fingerprint density at radius 1 is 0.548 bits per heavy atom. The van der Waals surface area contributed by atoms with Gasteiger partial charge in [-0.15, -0.1) is 0 Å². The summed E-state index contributed by atoms with van der Waals surface area (Å²) in [6.45, 7) is 4.55. The Balaban J connectivity index is 1.94. The normalized spacial score (nSPS) is 11.2. The summed E-state index contributed by atoms with van der Waals surface area (Å²) in [7, 11) is 0. The van der Waals surface area contributed by atoms with Gasteiger partial charge in [-0.25, -0.2) is 0 Å². The summed E-state index contributed by atoms with van der Waals surface area (Å²) in [5, 5.41) is 10.7. The van der Waals surface area contributed by atoms with Crippen molar-refractivity contribution in [1.82, 2.24) is 0 Å². The fourth-order valence-corrected chi connectivity index (χ4v) is 4.66. The molecule has 1 heteroatoms. The van der Waals surface area contributed by atoms with E-state index in [0.717, 1.165) is 24.0 Å². The van der Waals surface area contributed by atoms with E-state index in [-0.39, 0.29) is 0 Å². The minimum absolute atomic E-state index is 0.436. The zero-order valence-electron chi connectivity index (χ0n) is 20.3. The molecule has 2 aromatic rings. The second kappa shape index (κ2) is 16.0. The van der Waals surface area contributed by atoms with Crippen molar-refractivity contribution in [3.63, 3.8) is 0 Å². The SMILES string of the molecule is CCCCCCCCCCCCc1c(CCCCCC)ccc(O)c1-c1ccccc1. The molecule has 0 saturated carbocycles. The molecule has 1 N–H and O–H groups in total. The average Bonchev–Trinajstić information content (AvgIpc) is 2.79. The van der Waals surface area contributed by atoms with Crippen LogP contribution in [-0.2, 0) is 12.8 Å². The van der Waals surface area contributed by atoms with Crippen LogP contribution in [0.4, 0.5) is 0 Å². The number of hydrogen-bond donors (Lipinski definition) is 1. The van der Waals surface area contributed by atoms with Crippen molar-refractivity contribution in [2.45, 2.75) is 117 Å². The second-order valence-corrected chi connectivity index (χ2v) is 9.21. The van der Waals surface area contributed by atoms with Crippen LogP contribution in [0.2, 0.25) is 0 Å². The third kappa shape index (κ3) is 9.50. The van der Waals surface area contributed by atoms with Crippen LogP contribution in [0.15, 0.2) is 42.5 Å². The van der Waals surface area contributed by atoms with Crippen molar-refractivity contribution in [2.24, 2.45) is 0 Å². The number of rotatable bonds is 17. The smallest absolute Gasteiger partial charge is 0.123 e. The number of aromatic hydroxyl groups is 1. The van der Waals surface area contributed by atoms with Gasteiger partial charge in [0.05, 0.1) is 0 Å². The number of benzene rings is 2. The minimum Gasteiger partial charge on any atom is -0.507 e. The van der Waals surface area contributed by atoms with E-state index in [1.54, 1.807) is 0 Å². The standard InChI is InChI=1S/C30H46O/c1-3-5-7-9-10-11-12-13-14-19-23-28-26(20-16-8-6-4-2)24-25-29(31)30(28)27-21-17-15-18-22-27/h15,17-18,21-22,24-25,31H,3-14,16,19-20,23H2,1-2H3. The third-order valence-electron chi connectivity index (χ3n) is 6.53. The lowest BCUT2D eigenvalue weighted by atomic mass is 9.88. The van der Waals surface area contributed by atoms with Crippen molar-refractivity contribution in [1.29, 1.82) is 0 Å². The molecule has 172 valence electrons. The van der Waals surface area contributed by atoms with Crippen molar-refractivity contribution in [3.05, 3.63) is 53.6 Å². The summed E-state index contributed by atoms with van der Waals surface area (Å²) >= 11 is 0. The highest BCUT2D eigenvalue weighted by molar-refractivity contribution is 5.75. The molecule has 0 radical (unpaired) electrons. The monoisotopic (exact) mass is 422 g/mol. The van der Waals surface area contributed by atoms with Gasteiger partial charge >= 0.3 is 0 Å². The molecule has 0 aliphatic carbocycles. The van der Waals surface area contributed by atoms with Crippen LogP contribution in [0, 0.1) is 0 Å². The van der Waals surface area contributed by atoms with Crippen LogP contribution in [0.25, 0.3) is 11.1 Å². The molecule has 0 amide bonds. The highest BCUT2D eigenvalue weighted by Gasteiger charge is 2.14. The van der Waals surface area contributed by atoms with Crippen LogP contribution in [0.5, 0.6) is 5.75 Å². The maximum atomic E-state index is 10.7. The van der Waals surface area contributed by atoms with E-state index in [4.69, 9.17) is 0 Å². The summed E-state index contributed by atoms with van der Waals surface area (Å²) in [4.78, 5) is 0. The molecule has 0 atom stereocenters. The first-order valence-corrected chi connectivity index (χ1v) is 13.2. The van der Waals surface area contributed by atoms with Crippen LogP contribution in [0.3, 0.4) is 0 Å². The van der Waals surface area contributed by atoms with Gasteiger partial charge in [0.25, 0.3) is 0 Å². The Morgan fingerprint density at radius 3 is 1.68 bits per heavy atom. The Hall–Kier alpha value is -1.76. The molecular weight excluding hydrogens is 376 g/mol. The zero-order valence-corrected chi connectivity index (χ0v) is 20.3. The van der Waals surface area contributed by atoms with E-state index >= 15 is 0 Å². The van der Waals surface area contributed by atoms with Crippen LogP contribution < -0.4 is 0 Å². The number of unbranched alkanes of at least 4 members (excludes halogenated alkanes) is 12. The molecular formula is C30H46O.